The van der Waals surface area contributed by atoms with Gasteiger partial charge in [-0.25, -0.2) is 0 Å². The Bertz CT molecular complexity index is 215. The van der Waals surface area contributed by atoms with Crippen LogP contribution in [0.1, 0.15) is 0 Å². The molecule has 10 heavy (non-hydrogen) atoms. The Hall–Kier alpha value is 0.0400. The summed E-state index contributed by atoms with van der Waals surface area (Å²) in [4.78, 5) is 0. The molecule has 1 aromatic rings. The second-order valence-electron chi connectivity index (χ2n) is 1.71. The van der Waals surface area contributed by atoms with Crippen LogP contribution in [-0.4, -0.2) is 4.61 Å². The topological polar surface area (TPSA) is 9.23 Å². The molecule has 0 aliphatic carbocycles. The molecule has 0 saturated heterocycles. The highest BCUT2D eigenvalue weighted by molar-refractivity contribution is 14.1. The Morgan fingerprint density at radius 3 is 2.90 bits per heavy atom. The lowest BCUT2D eigenvalue weighted by molar-refractivity contribution is 0.404. The van der Waals surface area contributed by atoms with Crippen LogP contribution >= 0.6 is 34.2 Å². The molecule has 1 nitrogen and oxygen atoms in total. The SMILES string of the molecule is Clc1cccc(OCI)c1. The lowest BCUT2D eigenvalue weighted by atomic mass is 10.3. The summed E-state index contributed by atoms with van der Waals surface area (Å²) in [6.07, 6.45) is 0. The van der Waals surface area contributed by atoms with E-state index in [9.17, 15) is 0 Å². The number of halogens is 2. The highest BCUT2D eigenvalue weighted by Crippen LogP contribution is 2.17. The van der Waals surface area contributed by atoms with Crippen molar-refractivity contribution in [2.75, 3.05) is 4.61 Å². The molecular formula is C7H6ClIO. The van der Waals surface area contributed by atoms with Crippen molar-refractivity contribution in [3.05, 3.63) is 29.3 Å². The summed E-state index contributed by atoms with van der Waals surface area (Å²) >= 11 is 7.84. The van der Waals surface area contributed by atoms with Crippen LogP contribution in [0.3, 0.4) is 0 Å². The van der Waals surface area contributed by atoms with Gasteiger partial charge in [0.05, 0.1) is 0 Å². The fourth-order valence-electron chi connectivity index (χ4n) is 0.620. The number of ether oxygens (including phenoxy) is 1. The van der Waals surface area contributed by atoms with Gasteiger partial charge in [-0.2, -0.15) is 0 Å². The molecule has 0 N–H and O–H groups in total. The summed E-state index contributed by atoms with van der Waals surface area (Å²) in [6, 6.07) is 7.36. The minimum absolute atomic E-state index is 0.651. The first-order valence-corrected chi connectivity index (χ1v) is 4.67. The second kappa shape index (κ2) is 4.03. The number of alkyl halides is 1. The van der Waals surface area contributed by atoms with Crippen LogP contribution < -0.4 is 4.74 Å². The molecule has 0 saturated carbocycles. The lowest BCUT2D eigenvalue weighted by Crippen LogP contribution is -1.86. The quantitative estimate of drug-likeness (QED) is 0.591. The van der Waals surface area contributed by atoms with Gasteiger partial charge in [-0.3, -0.25) is 0 Å². The maximum Gasteiger partial charge on any atom is 0.139 e. The van der Waals surface area contributed by atoms with Gasteiger partial charge in [-0.05, 0) is 40.8 Å². The van der Waals surface area contributed by atoms with Crippen molar-refractivity contribution >= 4 is 34.2 Å². The Balaban J connectivity index is 2.75. The van der Waals surface area contributed by atoms with E-state index >= 15 is 0 Å². The minimum Gasteiger partial charge on any atom is -0.483 e. The van der Waals surface area contributed by atoms with E-state index in [2.05, 4.69) is 22.6 Å². The van der Waals surface area contributed by atoms with E-state index in [-0.39, 0.29) is 0 Å². The van der Waals surface area contributed by atoms with Gasteiger partial charge in [-0.1, -0.05) is 17.7 Å². The molecule has 0 unspecified atom stereocenters. The zero-order valence-electron chi connectivity index (χ0n) is 5.18. The minimum atomic E-state index is 0.651. The highest BCUT2D eigenvalue weighted by atomic mass is 127. The molecule has 1 rings (SSSR count). The third kappa shape index (κ3) is 2.34. The van der Waals surface area contributed by atoms with Crippen molar-refractivity contribution in [2.24, 2.45) is 0 Å². The summed E-state index contributed by atoms with van der Waals surface area (Å²) in [6.45, 7) is 0. The summed E-state index contributed by atoms with van der Waals surface area (Å²) < 4.78 is 5.84. The number of hydrogen-bond acceptors (Lipinski definition) is 1. The van der Waals surface area contributed by atoms with Crippen molar-refractivity contribution in [3.8, 4) is 5.75 Å². The number of hydrogen-bond donors (Lipinski definition) is 0. The van der Waals surface area contributed by atoms with E-state index < -0.39 is 0 Å². The van der Waals surface area contributed by atoms with Gasteiger partial charge in [0.2, 0.25) is 0 Å². The van der Waals surface area contributed by atoms with E-state index in [1.165, 1.54) is 0 Å². The van der Waals surface area contributed by atoms with Crippen molar-refractivity contribution in [1.29, 1.82) is 0 Å². The molecule has 0 spiro atoms. The first-order chi connectivity index (χ1) is 4.83. The number of rotatable bonds is 2. The van der Waals surface area contributed by atoms with Crippen LogP contribution in [0.4, 0.5) is 0 Å². The molecule has 0 atom stereocenters. The van der Waals surface area contributed by atoms with Gasteiger partial charge in [0.1, 0.15) is 10.4 Å². The van der Waals surface area contributed by atoms with Gasteiger partial charge in [0, 0.05) is 5.02 Å². The molecule has 0 aliphatic rings. The lowest BCUT2D eigenvalue weighted by Gasteiger charge is -2.00. The second-order valence-corrected chi connectivity index (χ2v) is 2.77. The zero-order valence-corrected chi connectivity index (χ0v) is 8.09. The summed E-state index contributed by atoms with van der Waals surface area (Å²) in [7, 11) is 0. The Labute approximate surface area is 78.5 Å². The molecule has 0 radical (unpaired) electrons. The molecule has 0 aromatic heterocycles. The van der Waals surface area contributed by atoms with Crippen molar-refractivity contribution in [3.63, 3.8) is 0 Å². The van der Waals surface area contributed by atoms with Crippen molar-refractivity contribution in [2.45, 2.75) is 0 Å². The molecule has 0 fully saturated rings. The van der Waals surface area contributed by atoms with E-state index in [1.807, 2.05) is 18.2 Å². The van der Waals surface area contributed by atoms with Crippen LogP contribution in [-0.2, 0) is 0 Å². The van der Waals surface area contributed by atoms with Gasteiger partial charge < -0.3 is 4.74 Å². The van der Waals surface area contributed by atoms with Gasteiger partial charge in [0.25, 0.3) is 0 Å². The summed E-state index contributed by atoms with van der Waals surface area (Å²) in [5.41, 5.74) is 0. The van der Waals surface area contributed by atoms with E-state index in [0.29, 0.717) is 9.64 Å². The molecular weight excluding hydrogens is 262 g/mol. The predicted octanol–water partition coefficient (Wildman–Crippen LogP) is 3.11. The Morgan fingerprint density at radius 2 is 2.30 bits per heavy atom. The van der Waals surface area contributed by atoms with E-state index in [1.54, 1.807) is 6.07 Å². The third-order valence-corrected chi connectivity index (χ3v) is 1.56. The standard InChI is InChI=1S/C7H6ClIO/c8-6-2-1-3-7(4-6)10-5-9/h1-4H,5H2. The molecule has 0 heterocycles. The fraction of sp³-hybridized carbons (Fsp3) is 0.143. The maximum atomic E-state index is 5.70. The largest absolute Gasteiger partial charge is 0.483 e. The van der Waals surface area contributed by atoms with E-state index in [0.717, 1.165) is 5.75 Å². The average molecular weight is 268 g/mol. The van der Waals surface area contributed by atoms with Crippen LogP contribution in [0.2, 0.25) is 5.02 Å². The molecule has 54 valence electrons. The van der Waals surface area contributed by atoms with Crippen LogP contribution in [0.15, 0.2) is 24.3 Å². The fourth-order valence-corrected chi connectivity index (χ4v) is 1.16. The first-order valence-electron chi connectivity index (χ1n) is 2.77. The van der Waals surface area contributed by atoms with Crippen molar-refractivity contribution in [1.82, 2.24) is 0 Å². The van der Waals surface area contributed by atoms with Crippen LogP contribution in [0.25, 0.3) is 0 Å². The Morgan fingerprint density at radius 1 is 1.50 bits per heavy atom. The molecule has 1 aromatic carbocycles. The maximum absolute atomic E-state index is 5.70. The average Bonchev–Trinajstić information content (AvgIpc) is 1.88. The summed E-state index contributed by atoms with van der Waals surface area (Å²) in [5, 5.41) is 0.711. The van der Waals surface area contributed by atoms with E-state index in [4.69, 9.17) is 16.3 Å². The van der Waals surface area contributed by atoms with Crippen LogP contribution in [0.5, 0.6) is 5.75 Å². The van der Waals surface area contributed by atoms with Gasteiger partial charge >= 0.3 is 0 Å². The summed E-state index contributed by atoms with van der Waals surface area (Å²) in [5.74, 6) is 0.821. The molecule has 0 bridgehead atoms. The first kappa shape index (κ1) is 8.14. The Kier molecular flexibility index (Phi) is 3.28. The molecule has 0 amide bonds. The van der Waals surface area contributed by atoms with Gasteiger partial charge in [0.15, 0.2) is 0 Å². The van der Waals surface area contributed by atoms with Crippen LogP contribution in [0, 0.1) is 0 Å². The monoisotopic (exact) mass is 268 g/mol. The smallest absolute Gasteiger partial charge is 0.139 e. The van der Waals surface area contributed by atoms with Gasteiger partial charge in [-0.15, -0.1) is 0 Å². The zero-order chi connectivity index (χ0) is 7.40. The highest BCUT2D eigenvalue weighted by Gasteiger charge is 1.91. The van der Waals surface area contributed by atoms with Crippen molar-refractivity contribution < 1.29 is 4.74 Å². The number of benzene rings is 1. The predicted molar refractivity (Wildman–Crippen MR) is 51.0 cm³/mol. The third-order valence-electron chi connectivity index (χ3n) is 1.02. The molecule has 3 heteroatoms. The molecule has 0 aliphatic heterocycles. The normalized spacial score (nSPS) is 9.40.